The van der Waals surface area contributed by atoms with Crippen LogP contribution in [0, 0.1) is 16.0 Å². The lowest BCUT2D eigenvalue weighted by atomic mass is 9.97. The van der Waals surface area contributed by atoms with Gasteiger partial charge < -0.3 is 5.73 Å². The van der Waals surface area contributed by atoms with Crippen LogP contribution in [0.1, 0.15) is 25.8 Å². The molecule has 1 aromatic carbocycles. The van der Waals surface area contributed by atoms with Gasteiger partial charge in [-0.3, -0.25) is 10.1 Å². The molecule has 0 heterocycles. The Morgan fingerprint density at radius 1 is 1.47 bits per heavy atom. The Bertz CT molecular complexity index is 407. The van der Waals surface area contributed by atoms with E-state index >= 15 is 0 Å². The molecule has 1 rings (SSSR count). The highest BCUT2D eigenvalue weighted by molar-refractivity contribution is 6.30. The van der Waals surface area contributed by atoms with Crippen molar-refractivity contribution in [2.75, 3.05) is 0 Å². The topological polar surface area (TPSA) is 69.2 Å². The molecule has 1 aromatic rings. The van der Waals surface area contributed by atoms with Crippen LogP contribution in [-0.4, -0.2) is 11.0 Å². The molecule has 1 unspecified atom stereocenters. The van der Waals surface area contributed by atoms with Gasteiger partial charge in [-0.1, -0.05) is 25.4 Å². The third-order valence-electron chi connectivity index (χ3n) is 2.84. The Labute approximate surface area is 106 Å². The summed E-state index contributed by atoms with van der Waals surface area (Å²) in [5, 5.41) is 11.4. The van der Waals surface area contributed by atoms with E-state index in [9.17, 15) is 10.1 Å². The standard InChI is InChI=1S/C12H17ClN2O2/c1-8(2)11(14)5-3-9-7-10(13)4-6-12(9)15(16)17/h4,6-8,11H,3,5,14H2,1-2H3. The summed E-state index contributed by atoms with van der Waals surface area (Å²) in [5.74, 6) is 0.369. The van der Waals surface area contributed by atoms with Crippen molar-refractivity contribution in [3.8, 4) is 0 Å². The predicted octanol–water partition coefficient (Wildman–Crippen LogP) is 3.16. The Morgan fingerprint density at radius 3 is 2.65 bits per heavy atom. The molecule has 4 nitrogen and oxygen atoms in total. The molecule has 0 aliphatic heterocycles. The first-order chi connectivity index (χ1) is 7.91. The molecule has 0 radical (unpaired) electrons. The molecular formula is C12H17ClN2O2. The minimum Gasteiger partial charge on any atom is -0.327 e. The van der Waals surface area contributed by atoms with Crippen LogP contribution in [0.15, 0.2) is 18.2 Å². The fraction of sp³-hybridized carbons (Fsp3) is 0.500. The van der Waals surface area contributed by atoms with Gasteiger partial charge in [0.1, 0.15) is 0 Å². The van der Waals surface area contributed by atoms with E-state index in [0.29, 0.717) is 22.9 Å². The van der Waals surface area contributed by atoms with E-state index < -0.39 is 0 Å². The minimum absolute atomic E-state index is 0.0496. The van der Waals surface area contributed by atoms with Gasteiger partial charge in [-0.2, -0.15) is 0 Å². The zero-order valence-corrected chi connectivity index (χ0v) is 10.8. The summed E-state index contributed by atoms with van der Waals surface area (Å²) < 4.78 is 0. The summed E-state index contributed by atoms with van der Waals surface area (Å²) in [4.78, 5) is 10.5. The van der Waals surface area contributed by atoms with Gasteiger partial charge in [0.05, 0.1) is 4.92 Å². The number of halogens is 1. The van der Waals surface area contributed by atoms with Gasteiger partial charge in [-0.15, -0.1) is 0 Å². The van der Waals surface area contributed by atoms with E-state index in [2.05, 4.69) is 0 Å². The molecule has 0 aliphatic rings. The summed E-state index contributed by atoms with van der Waals surface area (Å²) in [7, 11) is 0. The summed E-state index contributed by atoms with van der Waals surface area (Å²) in [6, 6.07) is 4.67. The molecule has 5 heteroatoms. The number of nitro groups is 1. The molecule has 0 spiro atoms. The third-order valence-corrected chi connectivity index (χ3v) is 3.08. The van der Waals surface area contributed by atoms with Crippen molar-refractivity contribution in [3.05, 3.63) is 38.9 Å². The maximum absolute atomic E-state index is 10.8. The lowest BCUT2D eigenvalue weighted by Crippen LogP contribution is -2.26. The second-order valence-corrected chi connectivity index (χ2v) is 4.91. The Hall–Kier alpha value is -1.13. The predicted molar refractivity (Wildman–Crippen MR) is 69.2 cm³/mol. The average Bonchev–Trinajstić information content (AvgIpc) is 2.25. The van der Waals surface area contributed by atoms with Gasteiger partial charge in [-0.05, 0) is 30.9 Å². The minimum atomic E-state index is -0.382. The number of nitro benzene ring substituents is 1. The number of hydrogen-bond acceptors (Lipinski definition) is 3. The number of hydrogen-bond donors (Lipinski definition) is 1. The van der Waals surface area contributed by atoms with Crippen molar-refractivity contribution in [1.29, 1.82) is 0 Å². The second kappa shape index (κ2) is 5.98. The third kappa shape index (κ3) is 3.98. The number of nitrogens with zero attached hydrogens (tertiary/aromatic N) is 1. The van der Waals surface area contributed by atoms with E-state index in [0.717, 1.165) is 6.42 Å². The first-order valence-electron chi connectivity index (χ1n) is 5.60. The zero-order valence-electron chi connectivity index (χ0n) is 10.0. The van der Waals surface area contributed by atoms with Crippen molar-refractivity contribution in [2.45, 2.75) is 32.7 Å². The average molecular weight is 257 g/mol. The van der Waals surface area contributed by atoms with Crippen LogP contribution >= 0.6 is 11.6 Å². The van der Waals surface area contributed by atoms with E-state index in [1.165, 1.54) is 12.1 Å². The summed E-state index contributed by atoms with van der Waals surface area (Å²) in [5.41, 5.74) is 6.69. The van der Waals surface area contributed by atoms with Gasteiger partial charge in [0.2, 0.25) is 0 Å². The molecule has 0 aromatic heterocycles. The zero-order chi connectivity index (χ0) is 13.0. The monoisotopic (exact) mass is 256 g/mol. The fourth-order valence-electron chi connectivity index (χ4n) is 1.59. The van der Waals surface area contributed by atoms with E-state index in [1.54, 1.807) is 6.07 Å². The lowest BCUT2D eigenvalue weighted by molar-refractivity contribution is -0.385. The van der Waals surface area contributed by atoms with Crippen LogP contribution in [0.25, 0.3) is 0 Å². The SMILES string of the molecule is CC(C)C(N)CCc1cc(Cl)ccc1[N+](=O)[O-]. The van der Waals surface area contributed by atoms with Gasteiger partial charge in [0.15, 0.2) is 0 Å². The maximum Gasteiger partial charge on any atom is 0.272 e. The first kappa shape index (κ1) is 13.9. The molecule has 94 valence electrons. The highest BCUT2D eigenvalue weighted by Gasteiger charge is 2.15. The Balaban J connectivity index is 2.82. The van der Waals surface area contributed by atoms with Crippen LogP contribution in [0.3, 0.4) is 0 Å². The molecule has 0 fully saturated rings. The quantitative estimate of drug-likeness (QED) is 0.650. The molecule has 17 heavy (non-hydrogen) atoms. The van der Waals surface area contributed by atoms with Crippen LogP contribution in [0.5, 0.6) is 0 Å². The fourth-order valence-corrected chi connectivity index (χ4v) is 1.78. The molecule has 0 saturated carbocycles. The van der Waals surface area contributed by atoms with Crippen molar-refractivity contribution in [2.24, 2.45) is 11.7 Å². The van der Waals surface area contributed by atoms with Crippen molar-refractivity contribution < 1.29 is 4.92 Å². The van der Waals surface area contributed by atoms with Crippen molar-refractivity contribution in [3.63, 3.8) is 0 Å². The Kier molecular flexibility index (Phi) is 4.90. The molecular weight excluding hydrogens is 240 g/mol. The van der Waals surface area contributed by atoms with Gasteiger partial charge in [0, 0.05) is 22.7 Å². The number of benzene rings is 1. The second-order valence-electron chi connectivity index (χ2n) is 4.48. The van der Waals surface area contributed by atoms with Crippen molar-refractivity contribution >= 4 is 17.3 Å². The van der Waals surface area contributed by atoms with Gasteiger partial charge >= 0.3 is 0 Å². The summed E-state index contributed by atoms with van der Waals surface area (Å²) >= 11 is 5.85. The van der Waals surface area contributed by atoms with Crippen molar-refractivity contribution in [1.82, 2.24) is 0 Å². The van der Waals surface area contributed by atoms with E-state index in [-0.39, 0.29) is 16.7 Å². The van der Waals surface area contributed by atoms with E-state index in [4.69, 9.17) is 17.3 Å². The largest absolute Gasteiger partial charge is 0.327 e. The van der Waals surface area contributed by atoms with E-state index in [1.807, 2.05) is 13.8 Å². The maximum atomic E-state index is 10.8. The number of rotatable bonds is 5. The van der Waals surface area contributed by atoms with Gasteiger partial charge in [0.25, 0.3) is 5.69 Å². The molecule has 0 aliphatic carbocycles. The Morgan fingerprint density at radius 2 is 2.12 bits per heavy atom. The first-order valence-corrected chi connectivity index (χ1v) is 5.98. The smallest absolute Gasteiger partial charge is 0.272 e. The summed E-state index contributed by atoms with van der Waals surface area (Å²) in [6.07, 6.45) is 1.30. The highest BCUT2D eigenvalue weighted by Crippen LogP contribution is 2.24. The van der Waals surface area contributed by atoms with Crippen LogP contribution in [0.4, 0.5) is 5.69 Å². The van der Waals surface area contributed by atoms with Crippen LogP contribution in [-0.2, 0) is 6.42 Å². The van der Waals surface area contributed by atoms with Gasteiger partial charge in [-0.25, -0.2) is 0 Å². The van der Waals surface area contributed by atoms with Crippen LogP contribution < -0.4 is 5.73 Å². The number of nitrogens with two attached hydrogens (primary N) is 1. The summed E-state index contributed by atoms with van der Waals surface area (Å²) in [6.45, 7) is 4.08. The molecule has 2 N–H and O–H groups in total. The molecule has 0 bridgehead atoms. The lowest BCUT2D eigenvalue weighted by Gasteiger charge is -2.15. The highest BCUT2D eigenvalue weighted by atomic mass is 35.5. The van der Waals surface area contributed by atoms with Crippen LogP contribution in [0.2, 0.25) is 5.02 Å². The molecule has 1 atom stereocenters. The normalized spacial score (nSPS) is 12.8. The molecule has 0 saturated heterocycles. The molecule has 0 amide bonds. The number of aryl methyl sites for hydroxylation is 1.